The molecule has 0 N–H and O–H groups in total. The summed E-state index contributed by atoms with van der Waals surface area (Å²) in [5, 5.41) is 4.61. The Morgan fingerprint density at radius 1 is 1.45 bits per heavy atom. The molecule has 1 unspecified atom stereocenters. The van der Waals surface area contributed by atoms with Gasteiger partial charge in [-0.3, -0.25) is 0 Å². The van der Waals surface area contributed by atoms with Gasteiger partial charge in [0.1, 0.15) is 3.70 Å². The molecule has 1 atom stereocenters. The second kappa shape index (κ2) is 5.69. The quantitative estimate of drug-likeness (QED) is 0.688. The second-order valence-electron chi connectivity index (χ2n) is 4.58. The van der Waals surface area contributed by atoms with E-state index in [-0.39, 0.29) is 16.8 Å². The molecule has 0 radical (unpaired) electrons. The van der Waals surface area contributed by atoms with Gasteiger partial charge in [-0.1, -0.05) is 11.6 Å². The van der Waals surface area contributed by atoms with Crippen LogP contribution in [0.4, 0.5) is 8.78 Å². The summed E-state index contributed by atoms with van der Waals surface area (Å²) in [7, 11) is 0. The molecule has 0 amide bonds. The van der Waals surface area contributed by atoms with Crippen molar-refractivity contribution in [1.82, 2.24) is 14.8 Å². The highest BCUT2D eigenvalue weighted by Crippen LogP contribution is 2.37. The number of fused-ring (bicyclic) bond motifs is 1. The maximum Gasteiger partial charge on any atom is 0.266 e. The van der Waals surface area contributed by atoms with Crippen LogP contribution in [0.1, 0.15) is 37.5 Å². The fourth-order valence-electron chi connectivity index (χ4n) is 2.39. The topological polar surface area (TPSA) is 39.9 Å². The molecule has 0 bridgehead atoms. The van der Waals surface area contributed by atoms with Crippen LogP contribution >= 0.6 is 34.2 Å². The number of nitrogens with zero attached hydrogens (tertiary/aromatic N) is 3. The lowest BCUT2D eigenvalue weighted by Gasteiger charge is -2.23. The van der Waals surface area contributed by atoms with Crippen molar-refractivity contribution in [3.63, 3.8) is 0 Å². The zero-order valence-electron chi connectivity index (χ0n) is 10.3. The van der Waals surface area contributed by atoms with Crippen LogP contribution in [-0.4, -0.2) is 21.4 Å². The largest absolute Gasteiger partial charge is 0.356 e. The minimum Gasteiger partial charge on any atom is -0.356 e. The van der Waals surface area contributed by atoms with Gasteiger partial charge in [0.2, 0.25) is 0 Å². The van der Waals surface area contributed by atoms with E-state index >= 15 is 0 Å². The zero-order valence-corrected chi connectivity index (χ0v) is 13.2. The molecule has 0 saturated carbocycles. The van der Waals surface area contributed by atoms with Crippen molar-refractivity contribution < 1.29 is 13.5 Å². The van der Waals surface area contributed by atoms with E-state index in [2.05, 4.69) is 10.1 Å². The van der Waals surface area contributed by atoms with Gasteiger partial charge in [0.05, 0.1) is 16.0 Å². The van der Waals surface area contributed by atoms with Gasteiger partial charge in [-0.2, -0.15) is 5.10 Å². The summed E-state index contributed by atoms with van der Waals surface area (Å²) in [4.78, 5) is 4.17. The number of hydrogen-bond acceptors (Lipinski definition) is 3. The van der Waals surface area contributed by atoms with E-state index < -0.39 is 6.43 Å². The Bertz CT molecular complexity index is 643. The number of alkyl halides is 2. The van der Waals surface area contributed by atoms with Gasteiger partial charge in [0, 0.05) is 12.8 Å². The molecule has 1 aliphatic rings. The predicted octanol–water partition coefficient (Wildman–Crippen LogP) is 4.33. The molecule has 3 heterocycles. The maximum absolute atomic E-state index is 13.2. The first-order valence-electron chi connectivity index (χ1n) is 6.21. The van der Waals surface area contributed by atoms with Crippen molar-refractivity contribution in [2.75, 3.05) is 6.61 Å². The number of aromatic nitrogens is 3. The van der Waals surface area contributed by atoms with Crippen molar-refractivity contribution in [3.05, 3.63) is 20.5 Å². The Hall–Kier alpha value is -0.540. The minimum atomic E-state index is -2.66. The minimum absolute atomic E-state index is 0.0328. The van der Waals surface area contributed by atoms with E-state index in [1.54, 1.807) is 4.68 Å². The molecule has 20 heavy (non-hydrogen) atoms. The fraction of sp³-hybridized carbons (Fsp3) is 0.500. The van der Waals surface area contributed by atoms with Crippen molar-refractivity contribution in [3.8, 4) is 0 Å². The first-order chi connectivity index (χ1) is 9.59. The third kappa shape index (κ3) is 2.39. The summed E-state index contributed by atoms with van der Waals surface area (Å²) in [5.41, 5.74) is 0.198. The monoisotopic (exact) mass is 413 g/mol. The second-order valence-corrected chi connectivity index (χ2v) is 6.00. The number of ether oxygens (including phenoxy) is 1. The maximum atomic E-state index is 13.2. The van der Waals surface area contributed by atoms with E-state index in [9.17, 15) is 8.78 Å². The highest BCUT2D eigenvalue weighted by molar-refractivity contribution is 14.1. The highest BCUT2D eigenvalue weighted by atomic mass is 127. The van der Waals surface area contributed by atoms with Crippen molar-refractivity contribution in [2.24, 2.45) is 0 Å². The summed E-state index contributed by atoms with van der Waals surface area (Å²) in [6, 6.07) is 0. The van der Waals surface area contributed by atoms with Crippen LogP contribution < -0.4 is 0 Å². The smallest absolute Gasteiger partial charge is 0.266 e. The Kier molecular flexibility index (Phi) is 4.09. The standard InChI is InChI=1S/C12H11ClF2IN3O/c13-6-5-17-12-9(8(6)10(14)15)11(16)18-19(12)7-3-1-2-4-20-7/h5,7,10H,1-4H2. The van der Waals surface area contributed by atoms with Gasteiger partial charge in [-0.05, 0) is 41.9 Å². The van der Waals surface area contributed by atoms with Crippen molar-refractivity contribution >= 4 is 45.2 Å². The summed E-state index contributed by atoms with van der Waals surface area (Å²) < 4.78 is 34.1. The first kappa shape index (κ1) is 14.4. The van der Waals surface area contributed by atoms with Crippen LogP contribution in [0.3, 0.4) is 0 Å². The molecule has 0 spiro atoms. The van der Waals surface area contributed by atoms with E-state index in [1.807, 2.05) is 22.6 Å². The Morgan fingerprint density at radius 2 is 2.25 bits per heavy atom. The Labute approximate surface area is 132 Å². The molecule has 108 valence electrons. The molecule has 8 heteroatoms. The molecule has 4 nitrogen and oxygen atoms in total. The predicted molar refractivity (Wildman–Crippen MR) is 79.1 cm³/mol. The lowest BCUT2D eigenvalue weighted by molar-refractivity contribution is -0.0372. The van der Waals surface area contributed by atoms with Crippen LogP contribution in [0.15, 0.2) is 6.20 Å². The molecule has 0 aromatic carbocycles. The van der Waals surface area contributed by atoms with E-state index in [0.29, 0.717) is 21.3 Å². The van der Waals surface area contributed by atoms with Gasteiger partial charge in [0.25, 0.3) is 6.43 Å². The summed E-state index contributed by atoms with van der Waals surface area (Å²) in [6.45, 7) is 0.651. The van der Waals surface area contributed by atoms with E-state index in [1.165, 1.54) is 6.20 Å². The number of halogens is 4. The summed E-state index contributed by atoms with van der Waals surface area (Å²) >= 11 is 7.78. The van der Waals surface area contributed by atoms with E-state index in [4.69, 9.17) is 16.3 Å². The average molecular weight is 414 g/mol. The van der Waals surface area contributed by atoms with Crippen molar-refractivity contribution in [1.29, 1.82) is 0 Å². The Morgan fingerprint density at radius 3 is 2.90 bits per heavy atom. The van der Waals surface area contributed by atoms with Crippen molar-refractivity contribution in [2.45, 2.75) is 31.9 Å². The van der Waals surface area contributed by atoms with Crippen LogP contribution in [-0.2, 0) is 4.74 Å². The molecule has 1 fully saturated rings. The normalized spacial score (nSPS) is 19.9. The van der Waals surface area contributed by atoms with Gasteiger partial charge >= 0.3 is 0 Å². The highest BCUT2D eigenvalue weighted by Gasteiger charge is 2.26. The van der Waals surface area contributed by atoms with Crippen LogP contribution in [0.2, 0.25) is 5.02 Å². The van der Waals surface area contributed by atoms with Gasteiger partial charge in [-0.15, -0.1) is 0 Å². The van der Waals surface area contributed by atoms with Crippen LogP contribution in [0.5, 0.6) is 0 Å². The third-order valence-electron chi connectivity index (χ3n) is 3.32. The average Bonchev–Trinajstić information content (AvgIpc) is 2.77. The Balaban J connectivity index is 2.18. The number of rotatable bonds is 2. The molecule has 1 saturated heterocycles. The molecule has 0 aliphatic carbocycles. The third-order valence-corrected chi connectivity index (χ3v) is 4.37. The molecule has 1 aliphatic heterocycles. The van der Waals surface area contributed by atoms with Gasteiger partial charge in [0.15, 0.2) is 11.9 Å². The molecule has 2 aromatic rings. The van der Waals surface area contributed by atoms with Gasteiger partial charge in [-0.25, -0.2) is 18.4 Å². The molecule has 3 rings (SSSR count). The fourth-order valence-corrected chi connectivity index (χ4v) is 3.38. The first-order valence-corrected chi connectivity index (χ1v) is 7.67. The molecule has 2 aromatic heterocycles. The van der Waals surface area contributed by atoms with E-state index in [0.717, 1.165) is 19.3 Å². The van der Waals surface area contributed by atoms with Gasteiger partial charge < -0.3 is 4.74 Å². The zero-order chi connectivity index (χ0) is 14.3. The molecular weight excluding hydrogens is 403 g/mol. The SMILES string of the molecule is FC(F)c1c(Cl)cnc2c1c(I)nn2C1CCCCO1. The van der Waals surface area contributed by atoms with Crippen LogP contribution in [0, 0.1) is 3.70 Å². The molecular formula is C12H11ClF2IN3O. The summed E-state index contributed by atoms with van der Waals surface area (Å²) in [6.07, 6.45) is 1.19. The lowest BCUT2D eigenvalue weighted by Crippen LogP contribution is -2.19. The number of hydrogen-bond donors (Lipinski definition) is 0. The number of pyridine rings is 1. The summed E-state index contributed by atoms with van der Waals surface area (Å²) in [5.74, 6) is 0. The van der Waals surface area contributed by atoms with Crippen LogP contribution in [0.25, 0.3) is 11.0 Å². The lowest BCUT2D eigenvalue weighted by atomic mass is 10.2.